The Hall–Kier alpha value is -1.62. The number of benzene rings is 1. The first-order chi connectivity index (χ1) is 12.5. The largest absolute Gasteiger partial charge is 0.434 e. The summed E-state index contributed by atoms with van der Waals surface area (Å²) in [5.74, 6) is 0.664. The van der Waals surface area contributed by atoms with Crippen LogP contribution in [0, 0.1) is 0 Å². The maximum atomic E-state index is 12.6. The molecule has 0 saturated heterocycles. The fraction of sp³-hybridized carbons (Fsp3) is 0.333. The minimum atomic E-state index is -4.40. The Kier molecular flexibility index (Phi) is 7.66. The number of aromatic nitrogens is 1. The number of guanidine groups is 1. The van der Waals surface area contributed by atoms with Gasteiger partial charge in [0.15, 0.2) is 11.7 Å². The quantitative estimate of drug-likeness (QED) is 0.373. The van der Waals surface area contributed by atoms with Gasteiger partial charge in [0.05, 0.1) is 6.54 Å². The van der Waals surface area contributed by atoms with Gasteiger partial charge in [0.2, 0.25) is 0 Å². The summed E-state index contributed by atoms with van der Waals surface area (Å²) in [6.07, 6.45) is -1.35. The van der Waals surface area contributed by atoms with Gasteiger partial charge in [-0.25, -0.2) is 4.98 Å². The highest BCUT2D eigenvalue weighted by Crippen LogP contribution is 2.30. The first-order valence-electron chi connectivity index (χ1n) is 8.19. The zero-order chi connectivity index (χ0) is 18.6. The molecule has 9 heteroatoms. The molecule has 0 saturated carbocycles. The second-order valence-corrected chi connectivity index (χ2v) is 6.76. The van der Waals surface area contributed by atoms with Gasteiger partial charge in [-0.15, -0.1) is 35.3 Å². The molecule has 1 aromatic carbocycles. The Morgan fingerprint density at radius 2 is 2.04 bits per heavy atom. The van der Waals surface area contributed by atoms with Crippen molar-refractivity contribution in [3.8, 4) is 0 Å². The van der Waals surface area contributed by atoms with E-state index in [2.05, 4.69) is 38.4 Å². The van der Waals surface area contributed by atoms with Gasteiger partial charge < -0.3 is 10.2 Å². The van der Waals surface area contributed by atoms with Crippen LogP contribution in [0.1, 0.15) is 22.7 Å². The molecule has 3 rings (SSSR count). The number of hydrogen-bond acceptors (Lipinski definition) is 3. The molecule has 0 amide bonds. The maximum Gasteiger partial charge on any atom is 0.434 e. The Bertz CT molecular complexity index is 802. The number of nitrogens with one attached hydrogen (secondary N) is 1. The van der Waals surface area contributed by atoms with E-state index < -0.39 is 11.9 Å². The van der Waals surface area contributed by atoms with E-state index in [0.717, 1.165) is 29.7 Å². The highest BCUT2D eigenvalue weighted by molar-refractivity contribution is 14.0. The molecule has 27 heavy (non-hydrogen) atoms. The zero-order valence-electron chi connectivity index (χ0n) is 14.7. The molecule has 0 bridgehead atoms. The number of alkyl halides is 3. The van der Waals surface area contributed by atoms with E-state index in [9.17, 15) is 13.2 Å². The summed E-state index contributed by atoms with van der Waals surface area (Å²) < 4.78 is 37.9. The van der Waals surface area contributed by atoms with E-state index in [1.165, 1.54) is 11.1 Å². The van der Waals surface area contributed by atoms with Gasteiger partial charge in [0.25, 0.3) is 0 Å². The second kappa shape index (κ2) is 9.54. The van der Waals surface area contributed by atoms with Gasteiger partial charge >= 0.3 is 6.18 Å². The van der Waals surface area contributed by atoms with Crippen LogP contribution >= 0.6 is 35.3 Å². The number of aliphatic imine (C=N–C) groups is 1. The molecule has 0 spiro atoms. The smallest absolute Gasteiger partial charge is 0.350 e. The number of hydrogen-bond donors (Lipinski definition) is 1. The van der Waals surface area contributed by atoms with Crippen LogP contribution in [-0.2, 0) is 12.7 Å². The fourth-order valence-corrected chi connectivity index (χ4v) is 3.53. The van der Waals surface area contributed by atoms with Crippen molar-refractivity contribution in [1.29, 1.82) is 0 Å². The van der Waals surface area contributed by atoms with Crippen LogP contribution in [0.2, 0.25) is 0 Å². The molecular weight excluding hydrogens is 488 g/mol. The number of rotatable bonds is 3. The van der Waals surface area contributed by atoms with E-state index in [-0.39, 0.29) is 30.5 Å². The summed E-state index contributed by atoms with van der Waals surface area (Å²) >= 11 is 0.994. The molecule has 146 valence electrons. The molecule has 4 nitrogen and oxygen atoms in total. The molecule has 2 heterocycles. The topological polar surface area (TPSA) is 40.5 Å². The summed E-state index contributed by atoms with van der Waals surface area (Å²) in [5, 5.41) is 4.52. The third kappa shape index (κ3) is 5.68. The standard InChI is InChI=1S/C18H19F3N4S.HI/c1-22-17(23-11-16-24-15(12-26-16)18(19,20)21)25-9-7-14(8-10-25)13-5-3-2-4-6-13;/h2-7,12H,8-11H2,1H3,(H,22,23);1H. The third-order valence-electron chi connectivity index (χ3n) is 4.10. The van der Waals surface area contributed by atoms with Gasteiger partial charge in [0, 0.05) is 25.5 Å². The summed E-state index contributed by atoms with van der Waals surface area (Å²) in [6.45, 7) is 1.72. The van der Waals surface area contributed by atoms with Crippen molar-refractivity contribution in [2.75, 3.05) is 20.1 Å². The lowest BCUT2D eigenvalue weighted by atomic mass is 10.00. The SMILES string of the molecule is CN=C(NCc1nc(C(F)(F)F)cs1)N1CC=C(c2ccccc2)CC1.I. The van der Waals surface area contributed by atoms with Gasteiger partial charge in [-0.1, -0.05) is 36.4 Å². The lowest BCUT2D eigenvalue weighted by molar-refractivity contribution is -0.140. The molecule has 0 atom stereocenters. The summed E-state index contributed by atoms with van der Waals surface area (Å²) in [6, 6.07) is 10.2. The van der Waals surface area contributed by atoms with Crippen molar-refractivity contribution in [1.82, 2.24) is 15.2 Å². The van der Waals surface area contributed by atoms with Crippen molar-refractivity contribution < 1.29 is 13.2 Å². The highest BCUT2D eigenvalue weighted by atomic mass is 127. The first kappa shape index (κ1) is 21.7. The molecule has 1 aromatic heterocycles. The molecule has 1 aliphatic heterocycles. The van der Waals surface area contributed by atoms with E-state index in [0.29, 0.717) is 17.5 Å². The molecule has 0 aliphatic carbocycles. The van der Waals surface area contributed by atoms with Gasteiger partial charge in [-0.05, 0) is 17.6 Å². The van der Waals surface area contributed by atoms with E-state index in [1.807, 2.05) is 18.2 Å². The predicted octanol–water partition coefficient (Wildman–Crippen LogP) is 4.64. The Balaban J connectivity index is 0.00000261. The van der Waals surface area contributed by atoms with Crippen LogP contribution in [0.5, 0.6) is 0 Å². The molecule has 0 fully saturated rings. The molecule has 0 radical (unpaired) electrons. The zero-order valence-corrected chi connectivity index (χ0v) is 17.8. The van der Waals surface area contributed by atoms with Crippen molar-refractivity contribution in [2.45, 2.75) is 19.1 Å². The normalized spacial score (nSPS) is 15.2. The van der Waals surface area contributed by atoms with Crippen molar-refractivity contribution in [3.63, 3.8) is 0 Å². The first-order valence-corrected chi connectivity index (χ1v) is 9.07. The second-order valence-electron chi connectivity index (χ2n) is 5.82. The Morgan fingerprint density at radius 1 is 1.30 bits per heavy atom. The van der Waals surface area contributed by atoms with Crippen LogP contribution in [0.3, 0.4) is 0 Å². The average molecular weight is 508 g/mol. The van der Waals surface area contributed by atoms with Crippen LogP contribution < -0.4 is 5.32 Å². The van der Waals surface area contributed by atoms with Gasteiger partial charge in [-0.2, -0.15) is 13.2 Å². The number of thiazole rings is 1. The average Bonchev–Trinajstić information content (AvgIpc) is 3.13. The molecule has 0 unspecified atom stereocenters. The monoisotopic (exact) mass is 508 g/mol. The number of nitrogens with zero attached hydrogens (tertiary/aromatic N) is 3. The minimum absolute atomic E-state index is 0. The van der Waals surface area contributed by atoms with Crippen molar-refractivity contribution >= 4 is 46.8 Å². The molecule has 1 aliphatic rings. The summed E-state index contributed by atoms with van der Waals surface area (Å²) in [4.78, 5) is 9.94. The van der Waals surface area contributed by atoms with Crippen LogP contribution in [-0.4, -0.2) is 36.0 Å². The van der Waals surface area contributed by atoms with Crippen LogP contribution in [0.25, 0.3) is 5.57 Å². The van der Waals surface area contributed by atoms with Crippen molar-refractivity contribution in [3.05, 3.63) is 58.1 Å². The predicted molar refractivity (Wildman–Crippen MR) is 113 cm³/mol. The van der Waals surface area contributed by atoms with Gasteiger partial charge in [-0.3, -0.25) is 4.99 Å². The molecule has 1 N–H and O–H groups in total. The van der Waals surface area contributed by atoms with Crippen LogP contribution in [0.4, 0.5) is 13.2 Å². The van der Waals surface area contributed by atoms with E-state index in [4.69, 9.17) is 0 Å². The lowest BCUT2D eigenvalue weighted by Gasteiger charge is -2.29. The van der Waals surface area contributed by atoms with Crippen molar-refractivity contribution in [2.24, 2.45) is 4.99 Å². The Morgan fingerprint density at radius 3 is 2.59 bits per heavy atom. The van der Waals surface area contributed by atoms with E-state index in [1.54, 1.807) is 7.05 Å². The Labute approximate surface area is 177 Å². The molecular formula is C18H20F3IN4S. The van der Waals surface area contributed by atoms with Crippen LogP contribution in [0.15, 0.2) is 46.8 Å². The molecule has 2 aromatic rings. The van der Waals surface area contributed by atoms with Gasteiger partial charge in [0.1, 0.15) is 5.01 Å². The summed E-state index contributed by atoms with van der Waals surface area (Å²) in [5.41, 5.74) is 1.67. The third-order valence-corrected chi connectivity index (χ3v) is 4.95. The number of halogens is 4. The highest BCUT2D eigenvalue weighted by Gasteiger charge is 2.33. The minimum Gasteiger partial charge on any atom is -0.350 e. The maximum absolute atomic E-state index is 12.6. The van der Waals surface area contributed by atoms with E-state index >= 15 is 0 Å². The fourth-order valence-electron chi connectivity index (χ4n) is 2.79. The lowest BCUT2D eigenvalue weighted by Crippen LogP contribution is -2.43. The summed E-state index contributed by atoms with van der Waals surface area (Å²) in [7, 11) is 1.67.